The molecule has 0 radical (unpaired) electrons. The van der Waals surface area contributed by atoms with Gasteiger partial charge >= 0.3 is 6.09 Å². The monoisotopic (exact) mass is 490 g/mol. The SMILES string of the molecule is C=C(CN(C(=O)OC(C)(C)C)N1C(=O)c2ccccc2C1=O)CC(C)(C)CC(C)(C)c1ccccc1. The third-order valence-corrected chi connectivity index (χ3v) is 6.20. The lowest BCUT2D eigenvalue weighted by Gasteiger charge is -2.37. The molecular weight excluding hydrogens is 452 g/mol. The Balaban J connectivity index is 1.81. The standard InChI is InChI=1S/C30H38N2O4/c1-21(18-29(5,6)20-30(7,8)22-14-10-9-11-15-22)19-31(27(35)36-28(2,3)4)32-25(33)23-16-12-13-17-24(23)26(32)34/h9-17H,1,18-20H2,2-8H3. The van der Waals surface area contributed by atoms with Crippen molar-refractivity contribution in [1.29, 1.82) is 0 Å². The summed E-state index contributed by atoms with van der Waals surface area (Å²) in [4.78, 5) is 39.5. The minimum absolute atomic E-state index is 0.00439. The van der Waals surface area contributed by atoms with Crippen molar-refractivity contribution in [2.24, 2.45) is 5.41 Å². The smallest absolute Gasteiger partial charge is 0.430 e. The second-order valence-electron chi connectivity index (χ2n) is 12.0. The van der Waals surface area contributed by atoms with Crippen LogP contribution >= 0.6 is 0 Å². The summed E-state index contributed by atoms with van der Waals surface area (Å²) in [5.41, 5.74) is 1.50. The van der Waals surface area contributed by atoms with Crippen molar-refractivity contribution < 1.29 is 19.1 Å². The van der Waals surface area contributed by atoms with Gasteiger partial charge in [-0.2, -0.15) is 5.01 Å². The lowest BCUT2D eigenvalue weighted by Crippen LogP contribution is -2.52. The Kier molecular flexibility index (Phi) is 7.49. The van der Waals surface area contributed by atoms with Gasteiger partial charge in [0.25, 0.3) is 11.8 Å². The number of amides is 3. The number of rotatable bonds is 8. The van der Waals surface area contributed by atoms with Crippen LogP contribution in [0.1, 0.15) is 87.6 Å². The van der Waals surface area contributed by atoms with Crippen LogP contribution in [0.25, 0.3) is 0 Å². The predicted octanol–water partition coefficient (Wildman–Crippen LogP) is 6.78. The largest absolute Gasteiger partial charge is 0.442 e. The van der Waals surface area contributed by atoms with Crippen molar-refractivity contribution in [1.82, 2.24) is 10.0 Å². The minimum atomic E-state index is -0.797. The van der Waals surface area contributed by atoms with Crippen molar-refractivity contribution in [2.45, 2.75) is 72.3 Å². The summed E-state index contributed by atoms with van der Waals surface area (Å²) in [6.07, 6.45) is 0.717. The van der Waals surface area contributed by atoms with Gasteiger partial charge in [-0.1, -0.05) is 82.3 Å². The van der Waals surface area contributed by atoms with Crippen LogP contribution in [0.3, 0.4) is 0 Å². The van der Waals surface area contributed by atoms with Gasteiger partial charge in [-0.25, -0.2) is 9.80 Å². The van der Waals surface area contributed by atoms with Crippen LogP contribution in [0.2, 0.25) is 0 Å². The van der Waals surface area contributed by atoms with Gasteiger partial charge in [-0.3, -0.25) is 9.59 Å². The number of fused-ring (bicyclic) bond motifs is 1. The molecule has 0 aliphatic carbocycles. The lowest BCUT2D eigenvalue weighted by molar-refractivity contribution is -0.0259. The molecule has 0 spiro atoms. The van der Waals surface area contributed by atoms with E-state index in [4.69, 9.17) is 4.74 Å². The highest BCUT2D eigenvalue weighted by molar-refractivity contribution is 6.21. The van der Waals surface area contributed by atoms with E-state index >= 15 is 0 Å². The Labute approximate surface area is 214 Å². The van der Waals surface area contributed by atoms with Gasteiger partial charge in [0, 0.05) is 0 Å². The molecule has 1 aliphatic heterocycles. The molecule has 3 amide bonds. The van der Waals surface area contributed by atoms with Gasteiger partial charge in [0.05, 0.1) is 17.7 Å². The highest BCUT2D eigenvalue weighted by Gasteiger charge is 2.43. The summed E-state index contributed by atoms with van der Waals surface area (Å²) in [6, 6.07) is 16.9. The number of nitrogens with zero attached hydrogens (tertiary/aromatic N) is 2. The van der Waals surface area contributed by atoms with E-state index in [0.29, 0.717) is 6.42 Å². The Morgan fingerprint density at radius 3 is 1.86 bits per heavy atom. The molecule has 2 aromatic carbocycles. The third-order valence-electron chi connectivity index (χ3n) is 6.20. The number of carbonyl (C=O) groups excluding carboxylic acids is 3. The molecule has 1 heterocycles. The van der Waals surface area contributed by atoms with Crippen LogP contribution in [0, 0.1) is 5.41 Å². The summed E-state index contributed by atoms with van der Waals surface area (Å²) in [5, 5.41) is 1.99. The van der Waals surface area contributed by atoms with Gasteiger partial charge in [-0.05, 0) is 62.1 Å². The molecule has 0 fully saturated rings. The van der Waals surface area contributed by atoms with Crippen molar-refractivity contribution in [3.05, 3.63) is 83.4 Å². The van der Waals surface area contributed by atoms with Crippen molar-refractivity contribution in [3.8, 4) is 0 Å². The summed E-state index contributed by atoms with van der Waals surface area (Å²) in [6.45, 7) is 18.2. The molecule has 1 aliphatic rings. The second kappa shape index (κ2) is 9.92. The minimum Gasteiger partial charge on any atom is -0.442 e. The second-order valence-corrected chi connectivity index (χ2v) is 12.0. The van der Waals surface area contributed by atoms with E-state index in [-0.39, 0.29) is 28.5 Å². The Morgan fingerprint density at radius 1 is 0.861 bits per heavy atom. The van der Waals surface area contributed by atoms with Gasteiger partial charge in [0.2, 0.25) is 0 Å². The highest BCUT2D eigenvalue weighted by atomic mass is 16.6. The zero-order valence-corrected chi connectivity index (χ0v) is 22.6. The number of carbonyl (C=O) groups is 3. The van der Waals surface area contributed by atoms with E-state index < -0.39 is 23.5 Å². The van der Waals surface area contributed by atoms with Crippen LogP contribution in [-0.2, 0) is 10.2 Å². The summed E-state index contributed by atoms with van der Waals surface area (Å²) < 4.78 is 5.58. The average molecular weight is 491 g/mol. The zero-order valence-electron chi connectivity index (χ0n) is 22.6. The molecule has 3 rings (SSSR count). The van der Waals surface area contributed by atoms with Crippen molar-refractivity contribution in [3.63, 3.8) is 0 Å². The first-order valence-electron chi connectivity index (χ1n) is 12.3. The molecule has 6 nitrogen and oxygen atoms in total. The van der Waals surface area contributed by atoms with E-state index in [2.05, 4.69) is 46.4 Å². The number of benzene rings is 2. The average Bonchev–Trinajstić information content (AvgIpc) is 3.01. The molecule has 6 heteroatoms. The predicted molar refractivity (Wildman–Crippen MR) is 142 cm³/mol. The van der Waals surface area contributed by atoms with Gasteiger partial charge in [0.1, 0.15) is 5.60 Å². The molecule has 0 bridgehead atoms. The maximum atomic E-state index is 13.2. The van der Waals surface area contributed by atoms with Crippen LogP contribution in [0.5, 0.6) is 0 Å². The molecule has 0 saturated carbocycles. The van der Waals surface area contributed by atoms with Crippen molar-refractivity contribution in [2.75, 3.05) is 6.54 Å². The van der Waals surface area contributed by atoms with Crippen LogP contribution < -0.4 is 0 Å². The molecule has 0 atom stereocenters. The summed E-state index contributed by atoms with van der Waals surface area (Å²) >= 11 is 0. The van der Waals surface area contributed by atoms with Crippen LogP contribution in [0.15, 0.2) is 66.7 Å². The van der Waals surface area contributed by atoms with Gasteiger partial charge in [-0.15, -0.1) is 0 Å². The molecule has 0 saturated heterocycles. The zero-order chi connectivity index (χ0) is 26.9. The number of ether oxygens (including phenoxy) is 1. The van der Waals surface area contributed by atoms with Crippen LogP contribution in [-0.4, -0.2) is 40.1 Å². The third kappa shape index (κ3) is 6.23. The van der Waals surface area contributed by atoms with E-state index in [0.717, 1.165) is 22.0 Å². The maximum absolute atomic E-state index is 13.2. The van der Waals surface area contributed by atoms with Crippen molar-refractivity contribution >= 4 is 17.9 Å². The lowest BCUT2D eigenvalue weighted by atomic mass is 9.69. The van der Waals surface area contributed by atoms with Gasteiger partial charge in [0.15, 0.2) is 0 Å². The van der Waals surface area contributed by atoms with Gasteiger partial charge < -0.3 is 4.74 Å². The molecule has 2 aromatic rings. The topological polar surface area (TPSA) is 66.9 Å². The number of imide groups is 1. The highest BCUT2D eigenvalue weighted by Crippen LogP contribution is 2.40. The van der Waals surface area contributed by atoms with E-state index in [9.17, 15) is 14.4 Å². The molecule has 0 aromatic heterocycles. The quantitative estimate of drug-likeness (QED) is 0.302. The summed E-state index contributed by atoms with van der Waals surface area (Å²) in [5.74, 6) is -1.09. The fourth-order valence-electron chi connectivity index (χ4n) is 5.12. The normalized spacial score (nSPS) is 14.0. The fraction of sp³-hybridized carbons (Fsp3) is 0.433. The number of hydrogen-bond acceptors (Lipinski definition) is 4. The molecule has 36 heavy (non-hydrogen) atoms. The first-order valence-corrected chi connectivity index (χ1v) is 12.3. The molecular formula is C30H38N2O4. The molecule has 192 valence electrons. The fourth-order valence-corrected chi connectivity index (χ4v) is 5.12. The van der Waals surface area contributed by atoms with E-state index in [1.807, 2.05) is 18.2 Å². The van der Waals surface area contributed by atoms with Crippen LogP contribution in [0.4, 0.5) is 4.79 Å². The Morgan fingerprint density at radius 2 is 1.36 bits per heavy atom. The van der Waals surface area contributed by atoms with E-state index in [1.54, 1.807) is 45.0 Å². The Bertz CT molecular complexity index is 1120. The number of hydrazine groups is 1. The summed E-state index contributed by atoms with van der Waals surface area (Å²) in [7, 11) is 0. The first-order chi connectivity index (χ1) is 16.6. The Hall–Kier alpha value is -3.41. The molecule has 0 N–H and O–H groups in total. The van der Waals surface area contributed by atoms with E-state index in [1.165, 1.54) is 5.56 Å². The number of hydrogen-bond donors (Lipinski definition) is 0. The first kappa shape index (κ1) is 27.2. The maximum Gasteiger partial charge on any atom is 0.430 e. The molecule has 0 unspecified atom stereocenters.